The highest BCUT2D eigenvalue weighted by atomic mass is 35.5. The van der Waals surface area contributed by atoms with Gasteiger partial charge in [0.25, 0.3) is 11.7 Å². The zero-order valence-corrected chi connectivity index (χ0v) is 14.1. The number of anilines is 1. The summed E-state index contributed by atoms with van der Waals surface area (Å²) >= 11 is 6.33. The van der Waals surface area contributed by atoms with Gasteiger partial charge in [0.15, 0.2) is 5.82 Å². The zero-order chi connectivity index (χ0) is 17.8. The molecule has 0 aliphatic heterocycles. The fraction of sp³-hybridized carbons (Fsp3) is 0.0625. The van der Waals surface area contributed by atoms with Crippen LogP contribution in [0.4, 0.5) is 14.6 Å². The number of alkyl halides is 2. The van der Waals surface area contributed by atoms with E-state index in [0.29, 0.717) is 10.7 Å². The molecule has 1 amide bonds. The van der Waals surface area contributed by atoms with Crippen molar-refractivity contribution in [1.82, 2.24) is 14.8 Å². The van der Waals surface area contributed by atoms with Crippen molar-refractivity contribution in [2.75, 3.05) is 5.32 Å². The second kappa shape index (κ2) is 7.62. The maximum Gasteiger partial charge on any atom is 0.290 e. The van der Waals surface area contributed by atoms with Crippen molar-refractivity contribution >= 4 is 35.1 Å². The van der Waals surface area contributed by atoms with Gasteiger partial charge in [-0.05, 0) is 36.0 Å². The number of nitrogens with zero attached hydrogens (tertiary/aromatic N) is 3. The van der Waals surface area contributed by atoms with Gasteiger partial charge in [0, 0.05) is 18.5 Å². The van der Waals surface area contributed by atoms with Crippen LogP contribution in [-0.2, 0) is 0 Å². The third-order valence-corrected chi connectivity index (χ3v) is 4.19. The van der Waals surface area contributed by atoms with Crippen LogP contribution in [0, 0.1) is 0 Å². The van der Waals surface area contributed by atoms with E-state index in [1.165, 1.54) is 23.0 Å². The van der Waals surface area contributed by atoms with E-state index in [0.717, 1.165) is 0 Å². The van der Waals surface area contributed by atoms with Crippen LogP contribution < -0.4 is 5.32 Å². The van der Waals surface area contributed by atoms with Gasteiger partial charge in [-0.2, -0.15) is 8.78 Å². The quantitative estimate of drug-likeness (QED) is 0.662. The molecule has 1 N–H and O–H groups in total. The summed E-state index contributed by atoms with van der Waals surface area (Å²) in [5.74, 6) is -2.97. The Balaban J connectivity index is 1.80. The summed E-state index contributed by atoms with van der Waals surface area (Å²) in [6.45, 7) is 0. The molecule has 0 aliphatic rings. The van der Waals surface area contributed by atoms with E-state index in [1.54, 1.807) is 30.5 Å². The molecule has 5 nitrogen and oxygen atoms in total. The molecular weight excluding hydrogens is 370 g/mol. The number of halogens is 3. The molecule has 0 fully saturated rings. The number of rotatable bonds is 5. The summed E-state index contributed by atoms with van der Waals surface area (Å²) in [5.41, 5.74) is 0.708. The highest BCUT2D eigenvalue weighted by Gasteiger charge is 2.17. The lowest BCUT2D eigenvalue weighted by molar-refractivity contribution is 0.102. The minimum Gasteiger partial charge on any atom is -0.305 e. The Labute approximate surface area is 151 Å². The number of carbonyl (C=O) groups excluding carboxylic acids is 1. The highest BCUT2D eigenvalue weighted by molar-refractivity contribution is 7.99. The van der Waals surface area contributed by atoms with Gasteiger partial charge in [0.1, 0.15) is 5.03 Å². The van der Waals surface area contributed by atoms with Crippen LogP contribution in [-0.4, -0.2) is 26.4 Å². The van der Waals surface area contributed by atoms with Crippen LogP contribution in [0.25, 0.3) is 5.69 Å². The molecule has 2 heterocycles. The predicted octanol–water partition coefficient (Wildman–Crippen LogP) is 4.49. The van der Waals surface area contributed by atoms with Crippen LogP contribution in [0.15, 0.2) is 59.9 Å². The molecule has 0 radical (unpaired) electrons. The molecule has 0 atom stereocenters. The fourth-order valence-corrected chi connectivity index (χ4v) is 2.89. The first-order valence-electron chi connectivity index (χ1n) is 7.06. The van der Waals surface area contributed by atoms with E-state index in [2.05, 4.69) is 15.4 Å². The monoisotopic (exact) mass is 380 g/mol. The second-order valence-corrected chi connectivity index (χ2v) is 6.17. The molecule has 0 bridgehead atoms. The molecule has 0 unspecified atom stereocenters. The maximum atomic E-state index is 12.6. The van der Waals surface area contributed by atoms with Gasteiger partial charge in [0.2, 0.25) is 0 Å². The number of pyridine rings is 1. The number of carbonyl (C=O) groups is 1. The molecular formula is C16H11ClF2N4OS. The summed E-state index contributed by atoms with van der Waals surface area (Å²) < 4.78 is 26.7. The van der Waals surface area contributed by atoms with Crippen LogP contribution in [0.2, 0.25) is 5.02 Å². The average molecular weight is 381 g/mol. The van der Waals surface area contributed by atoms with E-state index in [-0.39, 0.29) is 28.2 Å². The van der Waals surface area contributed by atoms with Crippen molar-refractivity contribution in [2.45, 2.75) is 10.8 Å². The number of thioether (sulfide) groups is 1. The smallest absolute Gasteiger partial charge is 0.290 e. The summed E-state index contributed by atoms with van der Waals surface area (Å²) in [6, 6.07) is 11.6. The summed E-state index contributed by atoms with van der Waals surface area (Å²) in [4.78, 5) is 16.2. The van der Waals surface area contributed by atoms with Gasteiger partial charge in [-0.3, -0.25) is 4.79 Å². The van der Waals surface area contributed by atoms with Crippen LogP contribution in [0.1, 0.15) is 10.4 Å². The minimum absolute atomic E-state index is 0.0412. The summed E-state index contributed by atoms with van der Waals surface area (Å²) in [7, 11) is 0. The molecule has 2 aromatic heterocycles. The Morgan fingerprint density at radius 3 is 2.76 bits per heavy atom. The van der Waals surface area contributed by atoms with E-state index < -0.39 is 11.7 Å². The Hall–Kier alpha value is -2.45. The first kappa shape index (κ1) is 17.4. The fourth-order valence-electron chi connectivity index (χ4n) is 2.09. The normalized spacial score (nSPS) is 10.9. The minimum atomic E-state index is -2.67. The van der Waals surface area contributed by atoms with Gasteiger partial charge in [-0.1, -0.05) is 23.7 Å². The number of para-hydroxylation sites is 1. The summed E-state index contributed by atoms with van der Waals surface area (Å²) in [5, 5.41) is 7.26. The number of nitrogens with one attached hydrogen (secondary N) is 1. The molecule has 9 heteroatoms. The Kier molecular flexibility index (Phi) is 5.30. The van der Waals surface area contributed by atoms with Crippen molar-refractivity contribution in [3.8, 4) is 5.69 Å². The van der Waals surface area contributed by atoms with Gasteiger partial charge < -0.3 is 5.32 Å². The topological polar surface area (TPSA) is 59.8 Å². The molecule has 3 aromatic rings. The molecule has 0 aliphatic carbocycles. The molecule has 1 aromatic carbocycles. The van der Waals surface area contributed by atoms with Crippen molar-refractivity contribution < 1.29 is 13.6 Å². The SMILES string of the molecule is O=C(Nc1ccn(-c2ccccc2Cl)n1)c1cccnc1SC(F)F. The second-order valence-electron chi connectivity index (χ2n) is 4.79. The first-order valence-corrected chi connectivity index (χ1v) is 8.32. The molecule has 0 saturated heterocycles. The zero-order valence-electron chi connectivity index (χ0n) is 12.6. The highest BCUT2D eigenvalue weighted by Crippen LogP contribution is 2.27. The van der Waals surface area contributed by atoms with Gasteiger partial charge in [-0.25, -0.2) is 9.67 Å². The van der Waals surface area contributed by atoms with Crippen LogP contribution >= 0.6 is 23.4 Å². The number of hydrogen-bond donors (Lipinski definition) is 1. The predicted molar refractivity (Wildman–Crippen MR) is 92.6 cm³/mol. The Morgan fingerprint density at radius 2 is 2.00 bits per heavy atom. The lowest BCUT2D eigenvalue weighted by atomic mass is 10.2. The van der Waals surface area contributed by atoms with Crippen LogP contribution in [0.5, 0.6) is 0 Å². The van der Waals surface area contributed by atoms with Crippen molar-refractivity contribution in [1.29, 1.82) is 0 Å². The largest absolute Gasteiger partial charge is 0.305 e. The van der Waals surface area contributed by atoms with Crippen LogP contribution in [0.3, 0.4) is 0 Å². The van der Waals surface area contributed by atoms with E-state index in [1.807, 2.05) is 6.07 Å². The van der Waals surface area contributed by atoms with Crippen molar-refractivity contribution in [3.05, 3.63) is 65.4 Å². The average Bonchev–Trinajstić information content (AvgIpc) is 3.03. The standard InChI is InChI=1S/C16H11ClF2N4OS/c17-11-5-1-2-6-12(11)23-9-7-13(22-23)21-14(24)10-4-3-8-20-15(10)25-16(18)19/h1-9,16H,(H,21,22,24). The lowest BCUT2D eigenvalue weighted by Crippen LogP contribution is -2.14. The van der Waals surface area contributed by atoms with E-state index >= 15 is 0 Å². The molecule has 3 rings (SSSR count). The number of hydrogen-bond acceptors (Lipinski definition) is 4. The van der Waals surface area contributed by atoms with E-state index in [4.69, 9.17) is 11.6 Å². The molecule has 0 saturated carbocycles. The van der Waals surface area contributed by atoms with Gasteiger partial charge in [-0.15, -0.1) is 5.10 Å². The Morgan fingerprint density at radius 1 is 1.20 bits per heavy atom. The number of benzene rings is 1. The summed E-state index contributed by atoms with van der Waals surface area (Å²) in [6.07, 6.45) is 2.99. The Bertz CT molecular complexity index is 903. The lowest BCUT2D eigenvalue weighted by Gasteiger charge is -2.07. The van der Waals surface area contributed by atoms with Gasteiger partial charge >= 0.3 is 0 Å². The molecule has 0 spiro atoms. The first-order chi connectivity index (χ1) is 12.0. The third-order valence-electron chi connectivity index (χ3n) is 3.15. The number of amides is 1. The van der Waals surface area contributed by atoms with Crippen molar-refractivity contribution in [3.63, 3.8) is 0 Å². The molecule has 25 heavy (non-hydrogen) atoms. The third kappa shape index (κ3) is 4.15. The molecule has 128 valence electrons. The van der Waals surface area contributed by atoms with Crippen molar-refractivity contribution in [2.24, 2.45) is 0 Å². The van der Waals surface area contributed by atoms with E-state index in [9.17, 15) is 13.6 Å². The number of aromatic nitrogens is 3. The maximum absolute atomic E-state index is 12.6. The van der Waals surface area contributed by atoms with Gasteiger partial charge in [0.05, 0.1) is 16.3 Å².